The number of rotatable bonds is 7. The second kappa shape index (κ2) is 10.3. The molecule has 1 heterocycles. The summed E-state index contributed by atoms with van der Waals surface area (Å²) in [5, 5.41) is 11.2. The van der Waals surface area contributed by atoms with Crippen molar-refractivity contribution in [2.45, 2.75) is 32.6 Å². The molecule has 4 rings (SSSR count). The lowest BCUT2D eigenvalue weighted by Gasteiger charge is -2.26. The van der Waals surface area contributed by atoms with E-state index in [-0.39, 0.29) is 22.3 Å². The van der Waals surface area contributed by atoms with Crippen LogP contribution in [0, 0.1) is 23.9 Å². The first kappa shape index (κ1) is 23.8. The van der Waals surface area contributed by atoms with E-state index >= 15 is 0 Å². The molecule has 0 spiro atoms. The molecule has 1 amide bonds. The second-order valence-electron chi connectivity index (χ2n) is 8.84. The second-order valence-corrected chi connectivity index (χ2v) is 9.84. The molecule has 2 N–H and O–H groups in total. The van der Waals surface area contributed by atoms with Crippen LogP contribution in [0.5, 0.6) is 0 Å². The molecular formula is C27H26FNO4S. The molecule has 0 saturated heterocycles. The number of amides is 1. The van der Waals surface area contributed by atoms with Gasteiger partial charge >= 0.3 is 5.97 Å². The molecule has 176 valence electrons. The number of carbonyl (C=O) groups excluding carboxylic acids is 2. The summed E-state index contributed by atoms with van der Waals surface area (Å²) >= 11 is 0.660. The van der Waals surface area contributed by atoms with Gasteiger partial charge in [-0.2, -0.15) is 4.39 Å². The van der Waals surface area contributed by atoms with Gasteiger partial charge in [0.2, 0.25) is 0 Å². The molecule has 0 radical (unpaired) electrons. The van der Waals surface area contributed by atoms with E-state index in [0.717, 1.165) is 29.5 Å². The Kier molecular flexibility index (Phi) is 7.22. The molecule has 3 aromatic rings. The number of carboxylic acid groups (broad SMARTS) is 1. The highest BCUT2D eigenvalue weighted by Gasteiger charge is 2.27. The third kappa shape index (κ3) is 5.42. The summed E-state index contributed by atoms with van der Waals surface area (Å²) in [4.78, 5) is 36.6. The van der Waals surface area contributed by atoms with Crippen molar-refractivity contribution in [2.75, 3.05) is 6.54 Å². The summed E-state index contributed by atoms with van der Waals surface area (Å²) in [5.74, 6) is -1.75. The lowest BCUT2D eigenvalue weighted by molar-refractivity contribution is -0.143. The predicted molar refractivity (Wildman–Crippen MR) is 130 cm³/mol. The quantitative estimate of drug-likeness (QED) is 0.425. The average molecular weight is 480 g/mol. The fourth-order valence-corrected chi connectivity index (χ4v) is 5.09. The van der Waals surface area contributed by atoms with E-state index in [4.69, 9.17) is 5.11 Å². The van der Waals surface area contributed by atoms with Crippen molar-refractivity contribution in [3.8, 4) is 11.1 Å². The van der Waals surface area contributed by atoms with E-state index in [0.29, 0.717) is 36.3 Å². The van der Waals surface area contributed by atoms with E-state index < -0.39 is 22.8 Å². The summed E-state index contributed by atoms with van der Waals surface area (Å²) in [7, 11) is 0. The van der Waals surface area contributed by atoms with Crippen LogP contribution in [0.3, 0.4) is 0 Å². The van der Waals surface area contributed by atoms with Crippen LogP contribution in [0.1, 0.15) is 56.8 Å². The number of aliphatic carboxylic acids is 1. The first-order valence-corrected chi connectivity index (χ1v) is 12.2. The highest BCUT2D eigenvalue weighted by Crippen LogP contribution is 2.29. The molecule has 1 saturated carbocycles. The number of thiophene rings is 1. The molecule has 7 heteroatoms. The maximum absolute atomic E-state index is 14.6. The highest BCUT2D eigenvalue weighted by atomic mass is 32.1. The van der Waals surface area contributed by atoms with Gasteiger partial charge in [0.1, 0.15) is 0 Å². The summed E-state index contributed by atoms with van der Waals surface area (Å²) in [5.41, 5.74) is 3.39. The zero-order valence-corrected chi connectivity index (χ0v) is 19.7. The van der Waals surface area contributed by atoms with Crippen molar-refractivity contribution in [1.29, 1.82) is 0 Å². The number of carboxylic acids is 1. The van der Waals surface area contributed by atoms with Crippen molar-refractivity contribution in [2.24, 2.45) is 11.8 Å². The smallest absolute Gasteiger partial charge is 0.306 e. The molecule has 0 aliphatic heterocycles. The Hall–Kier alpha value is -3.32. The first-order valence-electron chi connectivity index (χ1n) is 11.3. The van der Waals surface area contributed by atoms with Gasteiger partial charge < -0.3 is 10.4 Å². The maximum Gasteiger partial charge on any atom is 0.306 e. The molecule has 1 aliphatic rings. The minimum Gasteiger partial charge on any atom is -0.481 e. The SMILES string of the molecule is Cc1ccc(-c2ccc(C(=O)c3cc(C(=O)NCC4CCC(C(=O)O)CC4)sc3F)cc2)cc1. The molecule has 34 heavy (non-hydrogen) atoms. The number of hydrogen-bond acceptors (Lipinski definition) is 4. The molecular weight excluding hydrogens is 453 g/mol. The minimum absolute atomic E-state index is 0.111. The van der Waals surface area contributed by atoms with Gasteiger partial charge in [-0.1, -0.05) is 65.4 Å². The van der Waals surface area contributed by atoms with Crippen molar-refractivity contribution >= 4 is 29.0 Å². The fraction of sp³-hybridized carbons (Fsp3) is 0.296. The molecule has 1 fully saturated rings. The Balaban J connectivity index is 1.38. The zero-order valence-electron chi connectivity index (χ0n) is 18.8. The van der Waals surface area contributed by atoms with Gasteiger partial charge in [-0.3, -0.25) is 14.4 Å². The standard InChI is InChI=1S/C27H26FNO4S/c1-16-2-6-18(7-3-16)19-10-12-20(13-11-19)24(30)22-14-23(34-25(22)28)26(31)29-15-17-4-8-21(9-5-17)27(32)33/h2-3,6-7,10-14,17,21H,4-5,8-9,15H2,1H3,(H,29,31)(H,32,33). The molecule has 1 aliphatic carbocycles. The number of benzene rings is 2. The summed E-state index contributed by atoms with van der Waals surface area (Å²) in [6, 6.07) is 16.4. The largest absolute Gasteiger partial charge is 0.481 e. The van der Waals surface area contributed by atoms with E-state index in [1.165, 1.54) is 6.07 Å². The Morgan fingerprint density at radius 1 is 0.971 bits per heavy atom. The summed E-state index contributed by atoms with van der Waals surface area (Å²) in [6.07, 6.45) is 2.67. The van der Waals surface area contributed by atoms with Crippen LogP contribution in [0.15, 0.2) is 54.6 Å². The van der Waals surface area contributed by atoms with Crippen molar-refractivity contribution in [1.82, 2.24) is 5.32 Å². The van der Waals surface area contributed by atoms with Gasteiger partial charge in [-0.15, -0.1) is 0 Å². The topological polar surface area (TPSA) is 83.5 Å². The van der Waals surface area contributed by atoms with Gasteiger partial charge in [0, 0.05) is 12.1 Å². The Bertz CT molecular complexity index is 1190. The molecule has 0 unspecified atom stereocenters. The Morgan fingerprint density at radius 3 is 2.15 bits per heavy atom. The van der Waals surface area contributed by atoms with Crippen molar-refractivity contribution in [3.63, 3.8) is 0 Å². The van der Waals surface area contributed by atoms with Crippen molar-refractivity contribution < 1.29 is 23.9 Å². The van der Waals surface area contributed by atoms with Gasteiger partial charge in [-0.05, 0) is 55.7 Å². The van der Waals surface area contributed by atoms with E-state index in [9.17, 15) is 18.8 Å². The Labute approximate surface area is 201 Å². The monoisotopic (exact) mass is 479 g/mol. The highest BCUT2D eigenvalue weighted by molar-refractivity contribution is 7.12. The zero-order chi connectivity index (χ0) is 24.2. The maximum atomic E-state index is 14.6. The van der Waals surface area contributed by atoms with Crippen LogP contribution in [-0.2, 0) is 4.79 Å². The fourth-order valence-electron chi connectivity index (χ4n) is 4.29. The lowest BCUT2D eigenvalue weighted by atomic mass is 9.82. The number of ketones is 1. The van der Waals surface area contributed by atoms with E-state index in [2.05, 4.69) is 5.32 Å². The Morgan fingerprint density at radius 2 is 1.56 bits per heavy atom. The minimum atomic E-state index is -0.765. The van der Waals surface area contributed by atoms with Crippen LogP contribution >= 0.6 is 11.3 Å². The third-order valence-electron chi connectivity index (χ3n) is 6.43. The van der Waals surface area contributed by atoms with Crippen LogP contribution < -0.4 is 5.32 Å². The van der Waals surface area contributed by atoms with E-state index in [1.54, 1.807) is 12.1 Å². The predicted octanol–water partition coefficient (Wildman–Crippen LogP) is 5.71. The first-order chi connectivity index (χ1) is 16.3. The normalized spacial score (nSPS) is 17.8. The van der Waals surface area contributed by atoms with Gasteiger partial charge in [-0.25, -0.2) is 0 Å². The van der Waals surface area contributed by atoms with Crippen LogP contribution in [0.25, 0.3) is 11.1 Å². The molecule has 2 aromatic carbocycles. The van der Waals surface area contributed by atoms with E-state index in [1.807, 2.05) is 43.3 Å². The lowest BCUT2D eigenvalue weighted by Crippen LogP contribution is -2.32. The molecule has 5 nitrogen and oxygen atoms in total. The van der Waals surface area contributed by atoms with Crippen LogP contribution in [-0.4, -0.2) is 29.3 Å². The summed E-state index contributed by atoms with van der Waals surface area (Å²) < 4.78 is 14.6. The van der Waals surface area contributed by atoms with Crippen molar-refractivity contribution in [3.05, 3.63) is 81.3 Å². The number of aryl methyl sites for hydroxylation is 1. The summed E-state index contributed by atoms with van der Waals surface area (Å²) in [6.45, 7) is 2.43. The van der Waals surface area contributed by atoms with Crippen LogP contribution in [0.2, 0.25) is 0 Å². The van der Waals surface area contributed by atoms with Gasteiger partial charge in [0.05, 0.1) is 16.4 Å². The number of nitrogens with one attached hydrogen (secondary N) is 1. The molecule has 1 aromatic heterocycles. The average Bonchev–Trinajstić information content (AvgIpc) is 3.24. The van der Waals surface area contributed by atoms with Crippen LogP contribution in [0.4, 0.5) is 4.39 Å². The molecule has 0 bridgehead atoms. The number of halogens is 1. The number of carbonyl (C=O) groups is 3. The number of hydrogen-bond donors (Lipinski definition) is 2. The molecule has 0 atom stereocenters. The third-order valence-corrected chi connectivity index (χ3v) is 7.36. The van der Waals surface area contributed by atoms with Gasteiger partial charge in [0.15, 0.2) is 10.9 Å². The van der Waals surface area contributed by atoms with Gasteiger partial charge in [0.25, 0.3) is 5.91 Å².